The maximum atomic E-state index is 14.3. The van der Waals surface area contributed by atoms with Crippen molar-refractivity contribution in [2.45, 2.75) is 0 Å². The minimum absolute atomic E-state index is 0.321. The Labute approximate surface area is 121 Å². The summed E-state index contributed by atoms with van der Waals surface area (Å²) < 4.78 is 19.5. The molecule has 2 aromatic carbocycles. The van der Waals surface area contributed by atoms with Gasteiger partial charge in [0.25, 0.3) is 0 Å². The van der Waals surface area contributed by atoms with E-state index in [4.69, 9.17) is 10.5 Å². The highest BCUT2D eigenvalue weighted by molar-refractivity contribution is 5.89. The summed E-state index contributed by atoms with van der Waals surface area (Å²) in [7, 11) is 1.50. The van der Waals surface area contributed by atoms with Crippen LogP contribution in [0.5, 0.6) is 5.75 Å². The highest BCUT2D eigenvalue weighted by atomic mass is 19.1. The molecule has 3 rings (SSSR count). The molecule has 1 heterocycles. The van der Waals surface area contributed by atoms with Gasteiger partial charge in [0.2, 0.25) is 0 Å². The lowest BCUT2D eigenvalue weighted by atomic mass is 10.00. The fraction of sp³-hybridized carbons (Fsp3) is 0.0625. The van der Waals surface area contributed by atoms with Gasteiger partial charge in [0.05, 0.1) is 23.9 Å². The molecule has 0 spiro atoms. The number of nitrogens with one attached hydrogen (secondary N) is 1. The highest BCUT2D eigenvalue weighted by Crippen LogP contribution is 2.39. The number of rotatable bonds is 3. The second kappa shape index (κ2) is 5.28. The van der Waals surface area contributed by atoms with E-state index >= 15 is 0 Å². The van der Waals surface area contributed by atoms with Crippen LogP contribution in [0.4, 0.5) is 10.2 Å². The number of nitrogen functional groups attached to an aromatic ring is 1. The third-order valence-electron chi connectivity index (χ3n) is 3.30. The molecule has 4 nitrogen and oxygen atoms in total. The minimum Gasteiger partial charge on any atom is -0.496 e. The third kappa shape index (κ3) is 2.23. The Morgan fingerprint density at radius 3 is 2.52 bits per heavy atom. The van der Waals surface area contributed by atoms with Gasteiger partial charge in [-0.25, -0.2) is 4.39 Å². The minimum atomic E-state index is -0.393. The van der Waals surface area contributed by atoms with Crippen LogP contribution >= 0.6 is 0 Å². The van der Waals surface area contributed by atoms with Crippen LogP contribution in [0.15, 0.2) is 48.5 Å². The molecule has 3 aromatic rings. The molecule has 1 aromatic heterocycles. The van der Waals surface area contributed by atoms with E-state index in [-0.39, 0.29) is 0 Å². The summed E-state index contributed by atoms with van der Waals surface area (Å²) in [5.41, 5.74) is 8.31. The van der Waals surface area contributed by atoms with Gasteiger partial charge in [-0.15, -0.1) is 0 Å². The summed E-state index contributed by atoms with van der Waals surface area (Å²) in [6, 6.07) is 14.2. The van der Waals surface area contributed by atoms with E-state index in [0.29, 0.717) is 28.4 Å². The van der Waals surface area contributed by atoms with Crippen molar-refractivity contribution in [2.24, 2.45) is 0 Å². The molecule has 21 heavy (non-hydrogen) atoms. The van der Waals surface area contributed by atoms with E-state index in [9.17, 15) is 4.39 Å². The Morgan fingerprint density at radius 1 is 1.05 bits per heavy atom. The molecular weight excluding hydrogens is 269 g/mol. The number of hydrogen-bond donors (Lipinski definition) is 2. The topological polar surface area (TPSA) is 63.9 Å². The van der Waals surface area contributed by atoms with Crippen LogP contribution in [0, 0.1) is 5.82 Å². The van der Waals surface area contributed by atoms with Gasteiger partial charge in [0.1, 0.15) is 11.6 Å². The second-order valence-corrected chi connectivity index (χ2v) is 4.54. The molecule has 0 aliphatic rings. The molecule has 0 fully saturated rings. The molecule has 5 heteroatoms. The first-order chi connectivity index (χ1) is 10.2. The monoisotopic (exact) mass is 283 g/mol. The fourth-order valence-corrected chi connectivity index (χ4v) is 2.35. The molecule has 0 unspecified atom stereocenters. The lowest BCUT2D eigenvalue weighted by molar-refractivity contribution is 0.413. The predicted molar refractivity (Wildman–Crippen MR) is 80.4 cm³/mol. The van der Waals surface area contributed by atoms with Crippen molar-refractivity contribution in [1.29, 1.82) is 0 Å². The lowest BCUT2D eigenvalue weighted by Gasteiger charge is -2.10. The van der Waals surface area contributed by atoms with Crippen molar-refractivity contribution in [3.05, 3.63) is 54.3 Å². The largest absolute Gasteiger partial charge is 0.496 e. The van der Waals surface area contributed by atoms with Crippen LogP contribution < -0.4 is 10.5 Å². The number of anilines is 1. The van der Waals surface area contributed by atoms with Crippen LogP contribution in [-0.4, -0.2) is 17.3 Å². The van der Waals surface area contributed by atoms with Crippen molar-refractivity contribution < 1.29 is 9.13 Å². The summed E-state index contributed by atoms with van der Waals surface area (Å²) in [5, 5.41) is 6.83. The average Bonchev–Trinajstić information content (AvgIpc) is 2.89. The number of nitrogens with zero attached hydrogens (tertiary/aromatic N) is 1. The molecule has 0 aliphatic carbocycles. The van der Waals surface area contributed by atoms with Gasteiger partial charge in [0.15, 0.2) is 5.82 Å². The fourth-order valence-electron chi connectivity index (χ4n) is 2.35. The third-order valence-corrected chi connectivity index (χ3v) is 3.30. The van der Waals surface area contributed by atoms with Crippen molar-refractivity contribution >= 4 is 5.82 Å². The van der Waals surface area contributed by atoms with Crippen molar-refractivity contribution in [3.8, 4) is 28.1 Å². The van der Waals surface area contributed by atoms with E-state index in [0.717, 1.165) is 5.56 Å². The molecule has 0 atom stereocenters. The smallest absolute Gasteiger partial charge is 0.153 e. The van der Waals surface area contributed by atoms with Crippen LogP contribution in [0.25, 0.3) is 22.4 Å². The van der Waals surface area contributed by atoms with Gasteiger partial charge < -0.3 is 10.5 Å². The molecule has 0 saturated heterocycles. The zero-order valence-electron chi connectivity index (χ0n) is 11.4. The molecular formula is C16H14FN3O. The number of H-pyrrole nitrogens is 1. The summed E-state index contributed by atoms with van der Waals surface area (Å²) in [5.74, 6) is 0.354. The summed E-state index contributed by atoms with van der Waals surface area (Å²) in [6.07, 6.45) is 0. The number of halogens is 1. The zero-order valence-corrected chi connectivity index (χ0v) is 11.4. The first kappa shape index (κ1) is 13.2. The van der Waals surface area contributed by atoms with Crippen LogP contribution in [0.1, 0.15) is 0 Å². The Hall–Kier alpha value is -2.82. The molecule has 106 valence electrons. The number of aromatic nitrogens is 2. The lowest BCUT2D eigenvalue weighted by Crippen LogP contribution is -1.94. The maximum Gasteiger partial charge on any atom is 0.153 e. The van der Waals surface area contributed by atoms with Crippen LogP contribution in [0.2, 0.25) is 0 Å². The van der Waals surface area contributed by atoms with E-state index in [2.05, 4.69) is 10.2 Å². The Morgan fingerprint density at radius 2 is 1.81 bits per heavy atom. The predicted octanol–water partition coefficient (Wildman–Crippen LogP) is 3.47. The maximum absolute atomic E-state index is 14.3. The SMILES string of the molecule is COc1cccc(F)c1-c1[nH]nc(N)c1-c1ccccc1. The van der Waals surface area contributed by atoms with Crippen LogP contribution in [-0.2, 0) is 0 Å². The van der Waals surface area contributed by atoms with Crippen molar-refractivity contribution in [3.63, 3.8) is 0 Å². The van der Waals surface area contributed by atoms with E-state index < -0.39 is 5.82 Å². The molecule has 0 saturated carbocycles. The van der Waals surface area contributed by atoms with Gasteiger partial charge in [-0.1, -0.05) is 36.4 Å². The number of hydrogen-bond acceptors (Lipinski definition) is 3. The standard InChI is InChI=1S/C16H14FN3O/c1-21-12-9-5-8-11(17)14(12)15-13(16(18)20-19-15)10-6-3-2-4-7-10/h2-9H,1H3,(H3,18,19,20). The van der Waals surface area contributed by atoms with Crippen molar-refractivity contribution in [1.82, 2.24) is 10.2 Å². The highest BCUT2D eigenvalue weighted by Gasteiger charge is 2.20. The molecule has 0 radical (unpaired) electrons. The van der Waals surface area contributed by atoms with Gasteiger partial charge in [-0.3, -0.25) is 5.10 Å². The molecule has 0 aliphatic heterocycles. The normalized spacial score (nSPS) is 10.6. The summed E-state index contributed by atoms with van der Waals surface area (Å²) >= 11 is 0. The van der Waals surface area contributed by atoms with Gasteiger partial charge in [-0.2, -0.15) is 5.10 Å². The first-order valence-corrected chi connectivity index (χ1v) is 6.44. The summed E-state index contributed by atoms with van der Waals surface area (Å²) in [4.78, 5) is 0. The van der Waals surface area contributed by atoms with E-state index in [1.165, 1.54) is 13.2 Å². The van der Waals surface area contributed by atoms with Gasteiger partial charge >= 0.3 is 0 Å². The van der Waals surface area contributed by atoms with E-state index in [1.54, 1.807) is 12.1 Å². The molecule has 0 amide bonds. The number of benzene rings is 2. The Balaban J connectivity index is 2.27. The molecule has 0 bridgehead atoms. The van der Waals surface area contributed by atoms with Gasteiger partial charge in [0, 0.05) is 0 Å². The van der Waals surface area contributed by atoms with Crippen molar-refractivity contribution in [2.75, 3.05) is 12.8 Å². The zero-order chi connectivity index (χ0) is 14.8. The number of nitrogens with two attached hydrogens (primary N) is 1. The Kier molecular flexibility index (Phi) is 3.31. The van der Waals surface area contributed by atoms with E-state index in [1.807, 2.05) is 30.3 Å². The number of aromatic amines is 1. The second-order valence-electron chi connectivity index (χ2n) is 4.54. The number of ether oxygens (including phenoxy) is 1. The first-order valence-electron chi connectivity index (χ1n) is 6.44. The quantitative estimate of drug-likeness (QED) is 0.773. The van der Waals surface area contributed by atoms with Crippen LogP contribution in [0.3, 0.4) is 0 Å². The van der Waals surface area contributed by atoms with Gasteiger partial charge in [-0.05, 0) is 17.7 Å². The number of methoxy groups -OCH3 is 1. The summed E-state index contributed by atoms with van der Waals surface area (Å²) in [6.45, 7) is 0. The average molecular weight is 283 g/mol. The Bertz CT molecular complexity index is 768. The molecule has 3 N–H and O–H groups in total.